The minimum atomic E-state index is -2.45. The van der Waals surface area contributed by atoms with Gasteiger partial charge in [0.25, 0.3) is 0 Å². The van der Waals surface area contributed by atoms with E-state index in [4.69, 9.17) is 4.74 Å². The summed E-state index contributed by atoms with van der Waals surface area (Å²) in [6, 6.07) is 0. The Morgan fingerprint density at radius 2 is 2.06 bits per heavy atom. The molecule has 1 saturated heterocycles. The molecule has 2 aliphatic rings. The fourth-order valence-corrected chi connectivity index (χ4v) is 2.89. The normalized spacial score (nSPS) is 36.0. The summed E-state index contributed by atoms with van der Waals surface area (Å²) in [6.07, 6.45) is 1.85. The van der Waals surface area contributed by atoms with Gasteiger partial charge >= 0.3 is 0 Å². The number of alkyl halides is 2. The second kappa shape index (κ2) is 4.81. The molecule has 2 fully saturated rings. The molecule has 2 rings (SSSR count). The summed E-state index contributed by atoms with van der Waals surface area (Å²) >= 11 is 0. The maximum absolute atomic E-state index is 13.0. The molecule has 0 spiro atoms. The number of nitrogens with one attached hydrogen (secondary N) is 1. The summed E-state index contributed by atoms with van der Waals surface area (Å²) in [5.74, 6) is -2.40. The van der Waals surface area contributed by atoms with E-state index >= 15 is 0 Å². The first-order chi connectivity index (χ1) is 7.89. The first-order valence-electron chi connectivity index (χ1n) is 6.59. The van der Waals surface area contributed by atoms with Gasteiger partial charge in [0.2, 0.25) is 5.92 Å². The van der Waals surface area contributed by atoms with E-state index in [0.29, 0.717) is 13.0 Å². The maximum Gasteiger partial charge on any atom is 0.248 e. The summed E-state index contributed by atoms with van der Waals surface area (Å²) in [5.41, 5.74) is 0.110. The van der Waals surface area contributed by atoms with Gasteiger partial charge in [-0.15, -0.1) is 0 Å². The lowest BCUT2D eigenvalue weighted by Gasteiger charge is -2.39. The number of rotatable bonds is 3. The zero-order valence-electron chi connectivity index (χ0n) is 10.8. The molecule has 0 aromatic carbocycles. The van der Waals surface area contributed by atoms with E-state index in [9.17, 15) is 8.78 Å². The van der Waals surface area contributed by atoms with E-state index in [0.717, 1.165) is 19.5 Å². The van der Waals surface area contributed by atoms with E-state index < -0.39 is 5.92 Å². The highest BCUT2D eigenvalue weighted by atomic mass is 19.3. The standard InChI is InChI=1S/C13H23F2NO/c1-12(2)9-16-6-4-11(12)17-8-10-3-5-13(14,15)7-10/h10-11,16H,3-9H2,1-2H3. The molecule has 4 heteroatoms. The van der Waals surface area contributed by atoms with Crippen molar-refractivity contribution >= 4 is 0 Å². The highest BCUT2D eigenvalue weighted by Crippen LogP contribution is 2.39. The lowest BCUT2D eigenvalue weighted by molar-refractivity contribution is -0.0611. The topological polar surface area (TPSA) is 21.3 Å². The van der Waals surface area contributed by atoms with Crippen LogP contribution in [0.25, 0.3) is 0 Å². The predicted octanol–water partition coefficient (Wildman–Crippen LogP) is 2.83. The van der Waals surface area contributed by atoms with Gasteiger partial charge in [-0.05, 0) is 25.3 Å². The van der Waals surface area contributed by atoms with E-state index in [2.05, 4.69) is 19.2 Å². The third-order valence-electron chi connectivity index (χ3n) is 4.07. The molecule has 17 heavy (non-hydrogen) atoms. The molecule has 0 aromatic heterocycles. The molecule has 1 saturated carbocycles. The Morgan fingerprint density at radius 1 is 1.29 bits per heavy atom. The quantitative estimate of drug-likeness (QED) is 0.828. The van der Waals surface area contributed by atoms with Gasteiger partial charge in [-0.1, -0.05) is 13.8 Å². The predicted molar refractivity (Wildman–Crippen MR) is 63.3 cm³/mol. The van der Waals surface area contributed by atoms with Crippen molar-refractivity contribution in [3.8, 4) is 0 Å². The van der Waals surface area contributed by atoms with Crippen LogP contribution in [0.4, 0.5) is 8.78 Å². The summed E-state index contributed by atoms with van der Waals surface area (Å²) < 4.78 is 32.0. The Hall–Kier alpha value is -0.220. The van der Waals surface area contributed by atoms with E-state index in [1.165, 1.54) is 0 Å². The van der Waals surface area contributed by atoms with Crippen molar-refractivity contribution in [3.05, 3.63) is 0 Å². The fraction of sp³-hybridized carbons (Fsp3) is 1.00. The molecule has 1 aliphatic carbocycles. The lowest BCUT2D eigenvalue weighted by atomic mass is 9.82. The average molecular weight is 247 g/mol. The Morgan fingerprint density at radius 3 is 2.65 bits per heavy atom. The van der Waals surface area contributed by atoms with E-state index in [1.54, 1.807) is 0 Å². The molecule has 1 heterocycles. The van der Waals surface area contributed by atoms with Gasteiger partial charge in [0.1, 0.15) is 0 Å². The van der Waals surface area contributed by atoms with Crippen LogP contribution in [0.5, 0.6) is 0 Å². The minimum absolute atomic E-state index is 0.0123. The largest absolute Gasteiger partial charge is 0.377 e. The van der Waals surface area contributed by atoms with Gasteiger partial charge in [-0.2, -0.15) is 0 Å². The van der Waals surface area contributed by atoms with Crippen molar-refractivity contribution < 1.29 is 13.5 Å². The van der Waals surface area contributed by atoms with Crippen LogP contribution in [0.15, 0.2) is 0 Å². The van der Waals surface area contributed by atoms with Gasteiger partial charge in [0, 0.05) is 24.8 Å². The second-order valence-electron chi connectivity index (χ2n) is 6.24. The Labute approximate surface area is 102 Å². The lowest BCUT2D eigenvalue weighted by Crippen LogP contribution is -2.47. The fourth-order valence-electron chi connectivity index (χ4n) is 2.89. The third-order valence-corrected chi connectivity index (χ3v) is 4.07. The second-order valence-corrected chi connectivity index (χ2v) is 6.24. The first kappa shape index (κ1) is 13.2. The number of ether oxygens (including phenoxy) is 1. The molecule has 100 valence electrons. The highest BCUT2D eigenvalue weighted by Gasteiger charge is 2.40. The zero-order chi connectivity index (χ0) is 12.5. The van der Waals surface area contributed by atoms with Crippen molar-refractivity contribution in [2.45, 2.75) is 51.6 Å². The molecule has 1 aliphatic heterocycles. The van der Waals surface area contributed by atoms with Crippen LogP contribution in [-0.2, 0) is 4.74 Å². The van der Waals surface area contributed by atoms with Gasteiger partial charge in [-0.3, -0.25) is 0 Å². The third kappa shape index (κ3) is 3.38. The average Bonchev–Trinajstić information content (AvgIpc) is 2.56. The van der Waals surface area contributed by atoms with Gasteiger partial charge in [-0.25, -0.2) is 8.78 Å². The first-order valence-corrected chi connectivity index (χ1v) is 6.59. The molecule has 2 atom stereocenters. The molecule has 2 nitrogen and oxygen atoms in total. The number of piperidine rings is 1. The van der Waals surface area contributed by atoms with Crippen molar-refractivity contribution in [1.29, 1.82) is 0 Å². The van der Waals surface area contributed by atoms with Crippen LogP contribution in [0.2, 0.25) is 0 Å². The molecular weight excluding hydrogens is 224 g/mol. The Bertz CT molecular complexity index is 268. The smallest absolute Gasteiger partial charge is 0.248 e. The van der Waals surface area contributed by atoms with Crippen LogP contribution in [-0.4, -0.2) is 31.7 Å². The van der Waals surface area contributed by atoms with E-state index in [1.807, 2.05) is 0 Å². The van der Waals surface area contributed by atoms with Crippen LogP contribution < -0.4 is 5.32 Å². The number of halogens is 2. The molecule has 0 aromatic rings. The van der Waals surface area contributed by atoms with Crippen LogP contribution in [0.1, 0.15) is 39.5 Å². The summed E-state index contributed by atoms with van der Waals surface area (Å²) in [6.45, 7) is 6.76. The van der Waals surface area contributed by atoms with Crippen molar-refractivity contribution in [2.75, 3.05) is 19.7 Å². The summed E-state index contributed by atoms with van der Waals surface area (Å²) in [7, 11) is 0. The van der Waals surface area contributed by atoms with Crippen molar-refractivity contribution in [1.82, 2.24) is 5.32 Å². The molecule has 0 bridgehead atoms. The zero-order valence-corrected chi connectivity index (χ0v) is 10.8. The van der Waals surface area contributed by atoms with Gasteiger partial charge in [0.05, 0.1) is 12.7 Å². The van der Waals surface area contributed by atoms with Crippen LogP contribution >= 0.6 is 0 Å². The summed E-state index contributed by atoms with van der Waals surface area (Å²) in [4.78, 5) is 0. The Balaban J connectivity index is 1.78. The monoisotopic (exact) mass is 247 g/mol. The van der Waals surface area contributed by atoms with Crippen LogP contribution in [0, 0.1) is 11.3 Å². The van der Waals surface area contributed by atoms with E-state index in [-0.39, 0.29) is 30.3 Å². The molecular formula is C13H23F2NO. The summed E-state index contributed by atoms with van der Waals surface area (Å²) in [5, 5.41) is 3.35. The van der Waals surface area contributed by atoms with Gasteiger partial charge < -0.3 is 10.1 Å². The van der Waals surface area contributed by atoms with Crippen molar-refractivity contribution in [3.63, 3.8) is 0 Å². The molecule has 0 radical (unpaired) electrons. The molecule has 0 amide bonds. The SMILES string of the molecule is CC1(C)CNCCC1OCC1CCC(F)(F)C1. The number of hydrogen-bond acceptors (Lipinski definition) is 2. The van der Waals surface area contributed by atoms with Crippen molar-refractivity contribution in [2.24, 2.45) is 11.3 Å². The highest BCUT2D eigenvalue weighted by molar-refractivity contribution is 4.87. The number of hydrogen-bond donors (Lipinski definition) is 1. The Kier molecular flexibility index (Phi) is 3.74. The molecule has 2 unspecified atom stereocenters. The maximum atomic E-state index is 13.0. The minimum Gasteiger partial charge on any atom is -0.377 e. The van der Waals surface area contributed by atoms with Crippen LogP contribution in [0.3, 0.4) is 0 Å². The van der Waals surface area contributed by atoms with Gasteiger partial charge in [0.15, 0.2) is 0 Å². The molecule has 1 N–H and O–H groups in total.